The molecule has 6 heteroatoms. The SMILES string of the molecule is CCCC1CCCN(C(=O)NC(CCOC)C(=O)O)CC1. The van der Waals surface area contributed by atoms with E-state index in [0.29, 0.717) is 25.6 Å². The van der Waals surface area contributed by atoms with Crippen LogP contribution < -0.4 is 5.32 Å². The molecule has 1 aliphatic rings. The van der Waals surface area contributed by atoms with Crippen LogP contribution in [0.4, 0.5) is 4.79 Å². The van der Waals surface area contributed by atoms with Gasteiger partial charge in [-0.1, -0.05) is 19.8 Å². The number of carboxylic acids is 1. The molecule has 21 heavy (non-hydrogen) atoms. The third-order valence-corrected chi connectivity index (χ3v) is 4.04. The van der Waals surface area contributed by atoms with Gasteiger partial charge in [0.1, 0.15) is 6.04 Å². The van der Waals surface area contributed by atoms with Crippen molar-refractivity contribution in [3.63, 3.8) is 0 Å². The van der Waals surface area contributed by atoms with Crippen molar-refractivity contribution in [3.8, 4) is 0 Å². The molecule has 0 radical (unpaired) electrons. The van der Waals surface area contributed by atoms with Crippen molar-refractivity contribution < 1.29 is 19.4 Å². The lowest BCUT2D eigenvalue weighted by Crippen LogP contribution is -2.48. The monoisotopic (exact) mass is 300 g/mol. The number of aliphatic carboxylic acids is 1. The zero-order valence-electron chi connectivity index (χ0n) is 13.1. The van der Waals surface area contributed by atoms with Gasteiger partial charge in [-0.15, -0.1) is 0 Å². The highest BCUT2D eigenvalue weighted by atomic mass is 16.5. The average Bonchev–Trinajstić information content (AvgIpc) is 2.69. The van der Waals surface area contributed by atoms with Gasteiger partial charge in [-0.3, -0.25) is 0 Å². The van der Waals surface area contributed by atoms with Crippen molar-refractivity contribution in [3.05, 3.63) is 0 Å². The minimum absolute atomic E-state index is 0.268. The van der Waals surface area contributed by atoms with Crippen LogP contribution in [-0.2, 0) is 9.53 Å². The van der Waals surface area contributed by atoms with Crippen molar-refractivity contribution in [2.45, 2.75) is 51.5 Å². The van der Waals surface area contributed by atoms with Crippen molar-refractivity contribution >= 4 is 12.0 Å². The zero-order valence-corrected chi connectivity index (χ0v) is 13.1. The molecule has 1 saturated heterocycles. The molecule has 2 unspecified atom stereocenters. The Morgan fingerprint density at radius 2 is 2.14 bits per heavy atom. The molecule has 2 atom stereocenters. The maximum Gasteiger partial charge on any atom is 0.326 e. The molecule has 2 amide bonds. The van der Waals surface area contributed by atoms with Crippen molar-refractivity contribution in [2.24, 2.45) is 5.92 Å². The molecule has 122 valence electrons. The number of hydrogen-bond donors (Lipinski definition) is 2. The number of carbonyl (C=O) groups is 2. The summed E-state index contributed by atoms with van der Waals surface area (Å²) in [4.78, 5) is 25.1. The number of carbonyl (C=O) groups excluding carboxylic acids is 1. The summed E-state index contributed by atoms with van der Waals surface area (Å²) in [6.45, 7) is 3.92. The Balaban J connectivity index is 2.47. The third kappa shape index (κ3) is 6.33. The molecule has 1 aliphatic heterocycles. The molecule has 1 rings (SSSR count). The van der Waals surface area contributed by atoms with Gasteiger partial charge >= 0.3 is 12.0 Å². The summed E-state index contributed by atoms with van der Waals surface area (Å²) in [6, 6.07) is -1.15. The quantitative estimate of drug-likeness (QED) is 0.754. The molecule has 0 aromatic heterocycles. The van der Waals surface area contributed by atoms with Crippen LogP contribution in [0.25, 0.3) is 0 Å². The first-order chi connectivity index (χ1) is 10.1. The maximum atomic E-state index is 12.2. The normalized spacial score (nSPS) is 20.7. The van der Waals surface area contributed by atoms with Crippen molar-refractivity contribution in [1.29, 1.82) is 0 Å². The molecule has 2 N–H and O–H groups in total. The summed E-state index contributed by atoms with van der Waals surface area (Å²) >= 11 is 0. The van der Waals surface area contributed by atoms with E-state index < -0.39 is 12.0 Å². The Bertz CT molecular complexity index is 336. The van der Waals surface area contributed by atoms with E-state index in [2.05, 4.69) is 12.2 Å². The number of urea groups is 1. The number of methoxy groups -OCH3 is 1. The Labute approximate surface area is 126 Å². The second-order valence-electron chi connectivity index (χ2n) is 5.69. The predicted octanol–water partition coefficient (Wildman–Crippen LogP) is 2.09. The lowest BCUT2D eigenvalue weighted by Gasteiger charge is -2.23. The summed E-state index contributed by atoms with van der Waals surface area (Å²) in [6.07, 6.45) is 5.83. The molecular formula is C15H28N2O4. The Morgan fingerprint density at radius 1 is 1.38 bits per heavy atom. The highest BCUT2D eigenvalue weighted by molar-refractivity contribution is 5.82. The highest BCUT2D eigenvalue weighted by Crippen LogP contribution is 2.21. The number of rotatable bonds is 7. The summed E-state index contributed by atoms with van der Waals surface area (Å²) in [5.41, 5.74) is 0. The van der Waals surface area contributed by atoms with Gasteiger partial charge in [0.05, 0.1) is 0 Å². The van der Waals surface area contributed by atoms with Gasteiger partial charge in [-0.05, 0) is 25.2 Å². The standard InChI is InChI=1S/C15H28N2O4/c1-3-5-12-6-4-9-17(10-7-12)15(20)16-13(14(18)19)8-11-21-2/h12-13H,3-11H2,1-2H3,(H,16,20)(H,18,19). The van der Waals surface area contributed by atoms with Gasteiger partial charge in [-0.2, -0.15) is 0 Å². The topological polar surface area (TPSA) is 78.9 Å². The van der Waals surface area contributed by atoms with E-state index in [-0.39, 0.29) is 12.5 Å². The number of likely N-dealkylation sites (tertiary alicyclic amines) is 1. The van der Waals surface area contributed by atoms with E-state index in [1.807, 2.05) is 0 Å². The number of hydrogen-bond acceptors (Lipinski definition) is 3. The van der Waals surface area contributed by atoms with Gasteiger partial charge < -0.3 is 20.1 Å². The van der Waals surface area contributed by atoms with Crippen molar-refractivity contribution in [2.75, 3.05) is 26.8 Å². The van der Waals surface area contributed by atoms with Gasteiger partial charge in [0.15, 0.2) is 0 Å². The molecule has 0 aromatic rings. The van der Waals surface area contributed by atoms with Crippen LogP contribution in [-0.4, -0.2) is 54.9 Å². The smallest absolute Gasteiger partial charge is 0.326 e. The molecule has 6 nitrogen and oxygen atoms in total. The van der Waals surface area contributed by atoms with Crippen LogP contribution >= 0.6 is 0 Å². The zero-order chi connectivity index (χ0) is 15.7. The molecular weight excluding hydrogens is 272 g/mol. The Kier molecular flexibility index (Phi) is 8.12. The van der Waals surface area contributed by atoms with Crippen LogP contribution in [0.1, 0.15) is 45.4 Å². The van der Waals surface area contributed by atoms with Crippen LogP contribution in [0.15, 0.2) is 0 Å². The number of amides is 2. The van der Waals surface area contributed by atoms with Crippen LogP contribution in [0.2, 0.25) is 0 Å². The average molecular weight is 300 g/mol. The largest absolute Gasteiger partial charge is 0.480 e. The number of nitrogens with zero attached hydrogens (tertiary/aromatic N) is 1. The van der Waals surface area contributed by atoms with E-state index in [1.165, 1.54) is 20.0 Å². The molecule has 0 bridgehead atoms. The summed E-state index contributed by atoms with van der Waals surface area (Å²) in [7, 11) is 1.52. The first-order valence-electron chi connectivity index (χ1n) is 7.85. The van der Waals surface area contributed by atoms with E-state index >= 15 is 0 Å². The summed E-state index contributed by atoms with van der Waals surface area (Å²) in [5, 5.41) is 11.7. The van der Waals surface area contributed by atoms with Crippen LogP contribution in [0, 0.1) is 5.92 Å². The minimum Gasteiger partial charge on any atom is -0.480 e. The van der Waals surface area contributed by atoms with Crippen molar-refractivity contribution in [1.82, 2.24) is 10.2 Å². The number of carboxylic acid groups (broad SMARTS) is 1. The maximum absolute atomic E-state index is 12.2. The van der Waals surface area contributed by atoms with Gasteiger partial charge in [-0.25, -0.2) is 9.59 Å². The third-order valence-electron chi connectivity index (χ3n) is 4.04. The lowest BCUT2D eigenvalue weighted by molar-refractivity contribution is -0.139. The molecule has 0 spiro atoms. The highest BCUT2D eigenvalue weighted by Gasteiger charge is 2.25. The van der Waals surface area contributed by atoms with Gasteiger partial charge in [0.2, 0.25) is 0 Å². The van der Waals surface area contributed by atoms with E-state index in [1.54, 1.807) is 4.90 Å². The molecule has 0 aromatic carbocycles. The fourth-order valence-corrected chi connectivity index (χ4v) is 2.80. The fourth-order valence-electron chi connectivity index (χ4n) is 2.80. The van der Waals surface area contributed by atoms with Crippen LogP contribution in [0.3, 0.4) is 0 Å². The van der Waals surface area contributed by atoms with E-state index in [0.717, 1.165) is 19.3 Å². The molecule has 1 heterocycles. The van der Waals surface area contributed by atoms with E-state index in [4.69, 9.17) is 9.84 Å². The fraction of sp³-hybridized carbons (Fsp3) is 0.867. The van der Waals surface area contributed by atoms with Crippen LogP contribution in [0.5, 0.6) is 0 Å². The second-order valence-corrected chi connectivity index (χ2v) is 5.69. The summed E-state index contributed by atoms with van der Waals surface area (Å²) < 4.78 is 4.88. The number of ether oxygens (including phenoxy) is 1. The van der Waals surface area contributed by atoms with E-state index in [9.17, 15) is 9.59 Å². The first kappa shape index (κ1) is 17.8. The second kappa shape index (κ2) is 9.60. The predicted molar refractivity (Wildman–Crippen MR) is 80.3 cm³/mol. The Hall–Kier alpha value is -1.30. The minimum atomic E-state index is -1.01. The molecule has 0 saturated carbocycles. The molecule has 0 aliphatic carbocycles. The first-order valence-corrected chi connectivity index (χ1v) is 7.85. The Morgan fingerprint density at radius 3 is 2.76 bits per heavy atom. The summed E-state index contributed by atoms with van der Waals surface area (Å²) in [5.74, 6) is -0.323. The molecule has 1 fully saturated rings. The number of nitrogens with one attached hydrogen (secondary N) is 1. The van der Waals surface area contributed by atoms with Gasteiger partial charge in [0.25, 0.3) is 0 Å². The lowest BCUT2D eigenvalue weighted by atomic mass is 9.96. The van der Waals surface area contributed by atoms with Gasteiger partial charge in [0, 0.05) is 33.2 Å².